The smallest absolute Gasteiger partial charge is 0.251 e. The van der Waals surface area contributed by atoms with E-state index in [4.69, 9.17) is 5.26 Å². The van der Waals surface area contributed by atoms with Gasteiger partial charge in [0.05, 0.1) is 23.4 Å². The molecule has 8 nitrogen and oxygen atoms in total. The number of benzene rings is 2. The summed E-state index contributed by atoms with van der Waals surface area (Å²) in [5.41, 5.74) is 3.44. The van der Waals surface area contributed by atoms with Crippen molar-refractivity contribution in [2.24, 2.45) is 11.8 Å². The van der Waals surface area contributed by atoms with Gasteiger partial charge in [-0.15, -0.1) is 0 Å². The van der Waals surface area contributed by atoms with E-state index in [2.05, 4.69) is 23.6 Å². The molecule has 2 aromatic rings. The van der Waals surface area contributed by atoms with Crippen LogP contribution >= 0.6 is 0 Å². The van der Waals surface area contributed by atoms with Gasteiger partial charge in [0.15, 0.2) is 0 Å². The molecule has 3 atom stereocenters. The minimum absolute atomic E-state index is 0.0292. The highest BCUT2D eigenvalue weighted by Crippen LogP contribution is 2.50. The number of carbonyl (C=O) groups excluding carboxylic acids is 2. The summed E-state index contributed by atoms with van der Waals surface area (Å²) in [7, 11) is -3.19. The fraction of sp³-hybridized carbons (Fsp3) is 0.423. The van der Waals surface area contributed by atoms with E-state index >= 15 is 0 Å². The Hall–Kier alpha value is -3.38. The van der Waals surface area contributed by atoms with Gasteiger partial charge in [-0.3, -0.25) is 9.59 Å². The van der Waals surface area contributed by atoms with Crippen LogP contribution in [-0.2, 0) is 14.6 Å². The van der Waals surface area contributed by atoms with E-state index in [1.165, 1.54) is 0 Å². The zero-order valence-electron chi connectivity index (χ0n) is 20.1. The quantitative estimate of drug-likeness (QED) is 0.610. The summed E-state index contributed by atoms with van der Waals surface area (Å²) in [6.07, 6.45) is 3.29. The van der Waals surface area contributed by atoms with Gasteiger partial charge in [0.2, 0.25) is 5.91 Å². The fourth-order valence-corrected chi connectivity index (χ4v) is 5.45. The topological polar surface area (TPSA) is 119 Å². The number of amides is 2. The zero-order valence-corrected chi connectivity index (χ0v) is 20.9. The third kappa shape index (κ3) is 5.49. The van der Waals surface area contributed by atoms with Gasteiger partial charge in [-0.05, 0) is 66.8 Å². The lowest BCUT2D eigenvalue weighted by Gasteiger charge is -2.46. The fourth-order valence-electron chi connectivity index (χ4n) is 4.98. The Morgan fingerprint density at radius 2 is 1.83 bits per heavy atom. The number of anilines is 2. The maximum absolute atomic E-state index is 12.8. The first-order valence-corrected chi connectivity index (χ1v) is 13.8. The standard InChI is InChI=1S/C26H30N4O4S/c1-16-24(29-21-9-4-18(15-27)5-10-21)22-14-20(26(32)28-12-13-35(3,33)34)8-11-23(22)30(17(2)31)25(16)19-6-7-19/h4-5,8-11,14,16,19,24-25,29H,6-7,12-13H2,1-3H3,(H,28,32). The van der Waals surface area contributed by atoms with E-state index in [1.807, 2.05) is 23.1 Å². The number of sulfone groups is 1. The second kappa shape index (κ2) is 9.70. The number of nitrogens with one attached hydrogen (secondary N) is 2. The van der Waals surface area contributed by atoms with Crippen LogP contribution in [0.15, 0.2) is 42.5 Å². The molecule has 1 fully saturated rings. The zero-order chi connectivity index (χ0) is 25.3. The second-order valence-electron chi connectivity index (χ2n) is 9.55. The summed E-state index contributed by atoms with van der Waals surface area (Å²) >= 11 is 0. The number of carbonyl (C=O) groups is 2. The normalized spacial score (nSPS) is 21.5. The van der Waals surface area contributed by atoms with Crippen LogP contribution in [0.4, 0.5) is 11.4 Å². The molecule has 0 radical (unpaired) electrons. The molecule has 2 N–H and O–H groups in total. The first-order valence-electron chi connectivity index (χ1n) is 11.8. The van der Waals surface area contributed by atoms with Crippen molar-refractivity contribution in [1.29, 1.82) is 5.26 Å². The molecule has 1 heterocycles. The molecule has 1 aliphatic heterocycles. The molecule has 9 heteroatoms. The Kier molecular flexibility index (Phi) is 6.86. The Bertz CT molecular complexity index is 1280. The van der Waals surface area contributed by atoms with Gasteiger partial charge < -0.3 is 15.5 Å². The molecule has 2 aromatic carbocycles. The molecule has 0 saturated heterocycles. The molecule has 184 valence electrons. The number of rotatable bonds is 7. The van der Waals surface area contributed by atoms with Crippen LogP contribution in [0.25, 0.3) is 0 Å². The number of hydrogen-bond acceptors (Lipinski definition) is 6. The van der Waals surface area contributed by atoms with Gasteiger partial charge in [-0.2, -0.15) is 5.26 Å². The summed E-state index contributed by atoms with van der Waals surface area (Å²) in [5.74, 6) is -0.0217. The molecule has 2 aliphatic rings. The lowest BCUT2D eigenvalue weighted by atomic mass is 9.79. The maximum Gasteiger partial charge on any atom is 0.251 e. The van der Waals surface area contributed by atoms with Crippen molar-refractivity contribution in [3.05, 3.63) is 59.2 Å². The molecular weight excluding hydrogens is 464 g/mol. The largest absolute Gasteiger partial charge is 0.378 e. The van der Waals surface area contributed by atoms with E-state index in [0.717, 1.165) is 36.0 Å². The molecule has 4 rings (SSSR count). The van der Waals surface area contributed by atoms with E-state index < -0.39 is 9.84 Å². The average molecular weight is 495 g/mol. The van der Waals surface area contributed by atoms with Crippen LogP contribution in [0.5, 0.6) is 0 Å². The molecule has 3 unspecified atom stereocenters. The van der Waals surface area contributed by atoms with Crippen LogP contribution in [0, 0.1) is 23.2 Å². The van der Waals surface area contributed by atoms with Gasteiger partial charge in [-0.1, -0.05) is 6.92 Å². The predicted octanol–water partition coefficient (Wildman–Crippen LogP) is 3.27. The molecule has 35 heavy (non-hydrogen) atoms. The summed E-state index contributed by atoms with van der Waals surface area (Å²) in [5, 5.41) is 15.4. The Morgan fingerprint density at radius 3 is 2.40 bits per heavy atom. The Morgan fingerprint density at radius 1 is 1.14 bits per heavy atom. The first-order chi connectivity index (χ1) is 16.6. The highest BCUT2D eigenvalue weighted by atomic mass is 32.2. The number of hydrogen-bond donors (Lipinski definition) is 2. The van der Waals surface area contributed by atoms with Crippen molar-refractivity contribution in [3.63, 3.8) is 0 Å². The van der Waals surface area contributed by atoms with Crippen molar-refractivity contribution in [3.8, 4) is 6.07 Å². The van der Waals surface area contributed by atoms with Gasteiger partial charge in [0.25, 0.3) is 5.91 Å². The summed E-state index contributed by atoms with van der Waals surface area (Å²) in [4.78, 5) is 27.4. The van der Waals surface area contributed by atoms with E-state index in [0.29, 0.717) is 17.0 Å². The second-order valence-corrected chi connectivity index (χ2v) is 11.8. The van der Waals surface area contributed by atoms with E-state index in [-0.39, 0.29) is 42.1 Å². The molecule has 1 saturated carbocycles. The van der Waals surface area contributed by atoms with Gasteiger partial charge in [0.1, 0.15) is 9.84 Å². The summed E-state index contributed by atoms with van der Waals surface area (Å²) in [6, 6.07) is 14.5. The van der Waals surface area contributed by atoms with Gasteiger partial charge >= 0.3 is 0 Å². The monoisotopic (exact) mass is 494 g/mol. The van der Waals surface area contributed by atoms with E-state index in [1.54, 1.807) is 31.2 Å². The average Bonchev–Trinajstić information content (AvgIpc) is 3.64. The van der Waals surface area contributed by atoms with Crippen molar-refractivity contribution in [2.75, 3.05) is 28.8 Å². The van der Waals surface area contributed by atoms with Crippen molar-refractivity contribution < 1.29 is 18.0 Å². The van der Waals surface area contributed by atoms with Gasteiger partial charge in [-0.25, -0.2) is 8.42 Å². The predicted molar refractivity (Wildman–Crippen MR) is 135 cm³/mol. The Labute approximate surface area is 206 Å². The molecule has 1 aliphatic carbocycles. The third-order valence-corrected chi connectivity index (χ3v) is 7.73. The number of nitriles is 1. The Balaban J connectivity index is 1.70. The number of fused-ring (bicyclic) bond motifs is 1. The first kappa shape index (κ1) is 24.7. The number of nitrogens with zero attached hydrogens (tertiary/aromatic N) is 2. The van der Waals surface area contributed by atoms with Crippen LogP contribution in [0.2, 0.25) is 0 Å². The van der Waals surface area contributed by atoms with E-state index in [9.17, 15) is 18.0 Å². The molecule has 0 bridgehead atoms. The summed E-state index contributed by atoms with van der Waals surface area (Å²) in [6.45, 7) is 3.73. The molecule has 2 amide bonds. The highest BCUT2D eigenvalue weighted by molar-refractivity contribution is 7.90. The van der Waals surface area contributed by atoms with Gasteiger partial charge in [0, 0.05) is 48.6 Å². The maximum atomic E-state index is 12.8. The van der Waals surface area contributed by atoms with Crippen molar-refractivity contribution in [1.82, 2.24) is 5.32 Å². The summed E-state index contributed by atoms with van der Waals surface area (Å²) < 4.78 is 22.8. The highest BCUT2D eigenvalue weighted by Gasteiger charge is 2.47. The molecular formula is C26H30N4O4S. The molecule has 0 aromatic heterocycles. The van der Waals surface area contributed by atoms with Crippen LogP contribution < -0.4 is 15.5 Å². The minimum Gasteiger partial charge on any atom is -0.378 e. The third-order valence-electron chi connectivity index (χ3n) is 6.79. The SMILES string of the molecule is CC(=O)N1c2ccc(C(=O)NCCS(C)(=O)=O)cc2C(Nc2ccc(C#N)cc2)C(C)C1C1CC1. The minimum atomic E-state index is -3.19. The van der Waals surface area contributed by atoms with Crippen LogP contribution in [0.1, 0.15) is 54.2 Å². The molecule has 0 spiro atoms. The van der Waals surface area contributed by atoms with Crippen molar-refractivity contribution >= 4 is 33.0 Å². The van der Waals surface area contributed by atoms with Crippen LogP contribution in [-0.4, -0.2) is 44.8 Å². The van der Waals surface area contributed by atoms with Crippen LogP contribution in [0.3, 0.4) is 0 Å². The lowest BCUT2D eigenvalue weighted by molar-refractivity contribution is -0.117. The lowest BCUT2D eigenvalue weighted by Crippen LogP contribution is -2.51. The van der Waals surface area contributed by atoms with Crippen molar-refractivity contribution in [2.45, 2.75) is 38.8 Å².